The zero-order valence-corrected chi connectivity index (χ0v) is 29.5. The Labute approximate surface area is 303 Å². The molecule has 8 bridgehead atoms. The summed E-state index contributed by atoms with van der Waals surface area (Å²) in [6, 6.07) is 56.9. The van der Waals surface area contributed by atoms with Crippen LogP contribution in [0.2, 0.25) is 0 Å². The topological polar surface area (TPSA) is 43.6 Å². The maximum Gasteiger partial charge on any atom is 0.238 e. The molecule has 0 N–H and O–H groups in total. The first-order valence-corrected chi connectivity index (χ1v) is 20.0. The molecule has 0 atom stereocenters. The number of nitrogens with zero attached hydrogens (tertiary/aromatic N) is 4. The molecule has 2 aliphatic heterocycles. The minimum Gasteiger partial charge on any atom is -0.277 e. The fraction of sp³-hybridized carbons (Fsp3) is 0.0426. The maximum absolute atomic E-state index is 5.35. The average Bonchev–Trinajstić information content (AvgIpc) is 3.66. The van der Waals surface area contributed by atoms with E-state index in [-0.39, 0.29) is 0 Å². The van der Waals surface area contributed by atoms with Gasteiger partial charge in [-0.25, -0.2) is 4.98 Å². The van der Waals surface area contributed by atoms with E-state index < -0.39 is 10.0 Å². The fourth-order valence-electron chi connectivity index (χ4n) is 8.46. The largest absolute Gasteiger partial charge is 0.277 e. The molecular weight excluding hydrogens is 653 g/mol. The normalized spacial score (nSPS) is 14.0. The van der Waals surface area contributed by atoms with Gasteiger partial charge in [0.1, 0.15) is 0 Å². The lowest BCUT2D eigenvalue weighted by Crippen LogP contribution is -2.08. The second-order valence-electron chi connectivity index (χ2n) is 14.1. The number of para-hydroxylation sites is 1. The number of hydrogen-bond donors (Lipinski definition) is 0. The number of benzene rings is 7. The highest BCUT2D eigenvalue weighted by molar-refractivity contribution is 8.33. The summed E-state index contributed by atoms with van der Waals surface area (Å²) >= 11 is 0. The van der Waals surface area contributed by atoms with Gasteiger partial charge in [0, 0.05) is 31.7 Å². The van der Waals surface area contributed by atoms with Gasteiger partial charge in [-0.15, -0.1) is 0 Å². The SMILES string of the molecule is CS1(C)c2c3cccc2-c2ccc4c5ccccc5n(c4c21)-c1nc(-c2ccc(-c4ccccc4)cc2)nc(n1)-c1cccc(c1)-c1cccc-3c1. The van der Waals surface area contributed by atoms with Crippen LogP contribution in [0.15, 0.2) is 168 Å². The summed E-state index contributed by atoms with van der Waals surface area (Å²) in [4.78, 5) is 18.7. The van der Waals surface area contributed by atoms with Gasteiger partial charge in [0.05, 0.1) is 11.0 Å². The Morgan fingerprint density at radius 2 is 0.981 bits per heavy atom. The molecule has 0 saturated carbocycles. The minimum absolute atomic E-state index is 0.624. The summed E-state index contributed by atoms with van der Waals surface area (Å²) < 4.78 is 2.32. The number of rotatable bonds is 2. The molecule has 5 heteroatoms. The van der Waals surface area contributed by atoms with E-state index in [2.05, 4.69) is 169 Å². The third-order valence-electron chi connectivity index (χ3n) is 10.8. The molecule has 0 aliphatic carbocycles. The fourth-order valence-corrected chi connectivity index (χ4v) is 11.5. The van der Waals surface area contributed by atoms with Gasteiger partial charge in [-0.2, -0.15) is 20.0 Å². The van der Waals surface area contributed by atoms with Crippen molar-refractivity contribution in [1.82, 2.24) is 19.5 Å². The number of hydrogen-bond acceptors (Lipinski definition) is 3. The molecule has 0 fully saturated rings. The van der Waals surface area contributed by atoms with Crippen molar-refractivity contribution in [2.75, 3.05) is 12.5 Å². The standard InChI is InChI=1S/C47H32N4S/c1-52(2)43-36-18-10-19-39(43)40-26-25-38-37-17-6-7-20-41(37)51(42(38)44(40)52)47-49-45(31-23-21-30(22-24-31)29-11-4-3-5-12-29)48-46(50-47)35-16-9-14-33(28-35)32-13-8-15-34(36)27-32/h3-28H,1-2H3. The van der Waals surface area contributed by atoms with E-state index in [9.17, 15) is 0 Å². The van der Waals surface area contributed by atoms with Crippen LogP contribution in [0.4, 0.5) is 0 Å². The highest BCUT2D eigenvalue weighted by atomic mass is 32.3. The first kappa shape index (κ1) is 29.4. The highest BCUT2D eigenvalue weighted by Gasteiger charge is 2.38. The van der Waals surface area contributed by atoms with Crippen molar-refractivity contribution in [3.8, 4) is 73.2 Å². The molecule has 2 aromatic heterocycles. The monoisotopic (exact) mass is 684 g/mol. The Bertz CT molecular complexity index is 2920. The predicted molar refractivity (Wildman–Crippen MR) is 216 cm³/mol. The minimum atomic E-state index is -1.51. The van der Waals surface area contributed by atoms with Crippen LogP contribution in [0.3, 0.4) is 0 Å². The van der Waals surface area contributed by atoms with Crippen LogP contribution in [0, 0.1) is 0 Å². The zero-order valence-electron chi connectivity index (χ0n) is 28.7. The van der Waals surface area contributed by atoms with Crippen LogP contribution in [0.5, 0.6) is 0 Å². The highest BCUT2D eigenvalue weighted by Crippen LogP contribution is 2.71. The Morgan fingerprint density at radius 3 is 1.79 bits per heavy atom. The van der Waals surface area contributed by atoms with Gasteiger partial charge >= 0.3 is 0 Å². The zero-order chi connectivity index (χ0) is 34.6. The molecule has 0 spiro atoms. The lowest BCUT2D eigenvalue weighted by molar-refractivity contribution is 0.949. The van der Waals surface area contributed by atoms with Crippen LogP contribution >= 0.6 is 10.0 Å². The van der Waals surface area contributed by atoms with Gasteiger partial charge in [-0.05, 0) is 75.2 Å². The van der Waals surface area contributed by atoms with Crippen molar-refractivity contribution in [3.05, 3.63) is 158 Å². The Morgan fingerprint density at radius 1 is 0.404 bits per heavy atom. The van der Waals surface area contributed by atoms with E-state index in [0.29, 0.717) is 17.6 Å². The molecule has 4 heterocycles. The summed E-state index contributed by atoms with van der Waals surface area (Å²) in [7, 11) is -1.51. The van der Waals surface area contributed by atoms with Crippen LogP contribution in [0.25, 0.3) is 95.0 Å². The Balaban J connectivity index is 1.27. The predicted octanol–water partition coefficient (Wildman–Crippen LogP) is 12.1. The van der Waals surface area contributed by atoms with Gasteiger partial charge in [-0.1, -0.05) is 140 Å². The van der Waals surface area contributed by atoms with Gasteiger partial charge in [-0.3, -0.25) is 4.57 Å². The van der Waals surface area contributed by atoms with Gasteiger partial charge < -0.3 is 0 Å². The molecule has 0 amide bonds. The van der Waals surface area contributed by atoms with Crippen LogP contribution < -0.4 is 0 Å². The molecule has 2 aliphatic rings. The molecule has 11 rings (SSSR count). The van der Waals surface area contributed by atoms with E-state index in [1.807, 2.05) is 6.07 Å². The molecule has 4 nitrogen and oxygen atoms in total. The second kappa shape index (κ2) is 10.8. The Hall–Kier alpha value is -6.30. The van der Waals surface area contributed by atoms with E-state index in [4.69, 9.17) is 15.0 Å². The van der Waals surface area contributed by atoms with Crippen LogP contribution in [0.1, 0.15) is 0 Å². The third-order valence-corrected chi connectivity index (χ3v) is 13.7. The first-order chi connectivity index (χ1) is 25.5. The van der Waals surface area contributed by atoms with E-state index >= 15 is 0 Å². The average molecular weight is 685 g/mol. The molecule has 0 unspecified atom stereocenters. The molecule has 9 aromatic rings. The first-order valence-electron chi connectivity index (χ1n) is 17.6. The lowest BCUT2D eigenvalue weighted by atomic mass is 9.95. The van der Waals surface area contributed by atoms with Gasteiger partial charge in [0.15, 0.2) is 11.6 Å². The summed E-state index contributed by atoms with van der Waals surface area (Å²) in [5.74, 6) is 1.92. The molecule has 0 saturated heterocycles. The summed E-state index contributed by atoms with van der Waals surface area (Å²) in [5, 5.41) is 2.41. The summed E-state index contributed by atoms with van der Waals surface area (Å²) in [6.45, 7) is 0. The summed E-state index contributed by atoms with van der Waals surface area (Å²) in [5.41, 5.74) is 13.9. The van der Waals surface area contributed by atoms with Crippen molar-refractivity contribution in [2.45, 2.75) is 9.79 Å². The van der Waals surface area contributed by atoms with Crippen LogP contribution in [-0.4, -0.2) is 32.0 Å². The second-order valence-corrected chi connectivity index (χ2v) is 17.6. The molecule has 0 radical (unpaired) electrons. The number of fused-ring (bicyclic) bond motifs is 14. The summed E-state index contributed by atoms with van der Waals surface area (Å²) in [6.07, 6.45) is 4.93. The van der Waals surface area contributed by atoms with Crippen LogP contribution in [-0.2, 0) is 0 Å². The maximum atomic E-state index is 5.35. The van der Waals surface area contributed by atoms with E-state index in [1.165, 1.54) is 59.5 Å². The van der Waals surface area contributed by atoms with Gasteiger partial charge in [0.2, 0.25) is 5.95 Å². The van der Waals surface area contributed by atoms with E-state index in [0.717, 1.165) is 27.8 Å². The molecule has 52 heavy (non-hydrogen) atoms. The Kier molecular flexibility index (Phi) is 6.14. The number of aromatic nitrogens is 4. The van der Waals surface area contributed by atoms with Crippen molar-refractivity contribution >= 4 is 31.8 Å². The molecular formula is C47H32N4S. The van der Waals surface area contributed by atoms with Crippen molar-refractivity contribution in [3.63, 3.8) is 0 Å². The van der Waals surface area contributed by atoms with E-state index in [1.54, 1.807) is 0 Å². The van der Waals surface area contributed by atoms with Crippen molar-refractivity contribution in [2.24, 2.45) is 0 Å². The van der Waals surface area contributed by atoms with Crippen molar-refractivity contribution in [1.29, 1.82) is 0 Å². The quantitative estimate of drug-likeness (QED) is 0.182. The third kappa shape index (κ3) is 4.20. The molecule has 7 aromatic carbocycles. The smallest absolute Gasteiger partial charge is 0.238 e. The lowest BCUT2D eigenvalue weighted by Gasteiger charge is -2.31. The molecule has 246 valence electrons. The van der Waals surface area contributed by atoms with Crippen molar-refractivity contribution < 1.29 is 0 Å². The van der Waals surface area contributed by atoms with Gasteiger partial charge in [0.25, 0.3) is 0 Å².